The molecular formula is C14H20N2O. The molecule has 92 valence electrons. The van der Waals surface area contributed by atoms with Crippen molar-refractivity contribution in [2.75, 3.05) is 18.8 Å². The summed E-state index contributed by atoms with van der Waals surface area (Å²) in [6.07, 6.45) is 4.68. The van der Waals surface area contributed by atoms with Crippen LogP contribution in [0.15, 0.2) is 18.2 Å². The molecule has 0 aliphatic carbocycles. The Kier molecular flexibility index (Phi) is 3.67. The molecule has 0 saturated carbocycles. The molecule has 1 aliphatic rings. The Hall–Kier alpha value is -1.51. The molecule has 1 aliphatic heterocycles. The topological polar surface area (TPSA) is 46.3 Å². The lowest BCUT2D eigenvalue weighted by molar-refractivity contribution is 0.0762. The molecular weight excluding hydrogens is 212 g/mol. The summed E-state index contributed by atoms with van der Waals surface area (Å²) >= 11 is 0. The molecule has 1 heterocycles. The Labute approximate surface area is 103 Å². The summed E-state index contributed by atoms with van der Waals surface area (Å²) in [6.45, 7) is 3.68. The van der Waals surface area contributed by atoms with Crippen LogP contribution in [0, 0.1) is 6.92 Å². The fraction of sp³-hybridized carbons (Fsp3) is 0.500. The molecule has 17 heavy (non-hydrogen) atoms. The van der Waals surface area contributed by atoms with E-state index in [1.54, 1.807) is 6.07 Å². The summed E-state index contributed by atoms with van der Waals surface area (Å²) in [6, 6.07) is 5.64. The third-order valence-electron chi connectivity index (χ3n) is 3.41. The highest BCUT2D eigenvalue weighted by atomic mass is 16.2. The maximum Gasteiger partial charge on any atom is 0.256 e. The molecule has 1 fully saturated rings. The number of carbonyl (C=O) groups is 1. The van der Waals surface area contributed by atoms with Crippen molar-refractivity contribution in [3.8, 4) is 0 Å². The number of amides is 1. The van der Waals surface area contributed by atoms with Gasteiger partial charge in [-0.15, -0.1) is 0 Å². The average Bonchev–Trinajstić information content (AvgIpc) is 2.57. The quantitative estimate of drug-likeness (QED) is 0.756. The van der Waals surface area contributed by atoms with E-state index >= 15 is 0 Å². The first-order valence-corrected chi connectivity index (χ1v) is 6.34. The third kappa shape index (κ3) is 2.60. The van der Waals surface area contributed by atoms with Crippen molar-refractivity contribution in [3.05, 3.63) is 29.3 Å². The second kappa shape index (κ2) is 5.21. The predicted molar refractivity (Wildman–Crippen MR) is 70.0 cm³/mol. The van der Waals surface area contributed by atoms with Crippen LogP contribution in [0.1, 0.15) is 41.6 Å². The zero-order valence-electron chi connectivity index (χ0n) is 10.4. The predicted octanol–water partition coefficient (Wildman–Crippen LogP) is 2.59. The van der Waals surface area contributed by atoms with Gasteiger partial charge in [0.2, 0.25) is 0 Å². The Morgan fingerprint density at radius 1 is 1.18 bits per heavy atom. The number of hydrogen-bond acceptors (Lipinski definition) is 2. The zero-order valence-corrected chi connectivity index (χ0v) is 10.4. The van der Waals surface area contributed by atoms with Crippen LogP contribution in [0.5, 0.6) is 0 Å². The van der Waals surface area contributed by atoms with Crippen LogP contribution in [0.2, 0.25) is 0 Å². The Morgan fingerprint density at radius 3 is 2.41 bits per heavy atom. The largest absolute Gasteiger partial charge is 0.398 e. The summed E-state index contributed by atoms with van der Waals surface area (Å²) < 4.78 is 0. The number of hydrogen-bond donors (Lipinski definition) is 1. The molecule has 0 atom stereocenters. The van der Waals surface area contributed by atoms with Crippen molar-refractivity contribution in [3.63, 3.8) is 0 Å². The number of nitrogens with two attached hydrogens (primary N) is 1. The van der Waals surface area contributed by atoms with Gasteiger partial charge in [0.1, 0.15) is 0 Å². The van der Waals surface area contributed by atoms with Gasteiger partial charge >= 0.3 is 0 Å². The first-order chi connectivity index (χ1) is 8.20. The minimum atomic E-state index is 0.0995. The van der Waals surface area contributed by atoms with Gasteiger partial charge in [0, 0.05) is 18.8 Å². The number of likely N-dealkylation sites (tertiary alicyclic amines) is 1. The number of benzene rings is 1. The SMILES string of the molecule is Cc1cccc(N)c1C(=O)N1CCCCCC1. The molecule has 1 saturated heterocycles. The molecule has 0 unspecified atom stereocenters. The van der Waals surface area contributed by atoms with Crippen molar-refractivity contribution in [1.82, 2.24) is 4.90 Å². The summed E-state index contributed by atoms with van der Waals surface area (Å²) in [5.41, 5.74) is 8.18. The molecule has 1 aromatic carbocycles. The fourth-order valence-electron chi connectivity index (χ4n) is 2.41. The van der Waals surface area contributed by atoms with Crippen molar-refractivity contribution < 1.29 is 4.79 Å². The van der Waals surface area contributed by atoms with Crippen LogP contribution in [0.25, 0.3) is 0 Å². The zero-order chi connectivity index (χ0) is 12.3. The van der Waals surface area contributed by atoms with Crippen molar-refractivity contribution in [2.24, 2.45) is 0 Å². The number of anilines is 1. The Balaban J connectivity index is 2.23. The highest BCUT2D eigenvalue weighted by Crippen LogP contribution is 2.20. The van der Waals surface area contributed by atoms with Gasteiger partial charge in [0.25, 0.3) is 5.91 Å². The normalized spacial score (nSPS) is 16.6. The minimum Gasteiger partial charge on any atom is -0.398 e. The molecule has 0 radical (unpaired) electrons. The van der Waals surface area contributed by atoms with Gasteiger partial charge in [0.15, 0.2) is 0 Å². The van der Waals surface area contributed by atoms with Gasteiger partial charge in [-0.2, -0.15) is 0 Å². The first-order valence-electron chi connectivity index (χ1n) is 6.34. The average molecular weight is 232 g/mol. The number of carbonyl (C=O) groups excluding carboxylic acids is 1. The van der Waals surface area contributed by atoms with Crippen LogP contribution < -0.4 is 5.73 Å². The first kappa shape index (κ1) is 12.0. The molecule has 1 aromatic rings. The van der Waals surface area contributed by atoms with Gasteiger partial charge in [-0.3, -0.25) is 4.79 Å². The molecule has 2 N–H and O–H groups in total. The van der Waals surface area contributed by atoms with E-state index < -0.39 is 0 Å². The van der Waals surface area contributed by atoms with Crippen molar-refractivity contribution in [1.29, 1.82) is 0 Å². The van der Waals surface area contributed by atoms with E-state index in [0.717, 1.165) is 31.5 Å². The molecule has 0 aromatic heterocycles. The molecule has 0 bridgehead atoms. The number of nitrogens with zero attached hydrogens (tertiary/aromatic N) is 1. The lowest BCUT2D eigenvalue weighted by Gasteiger charge is -2.22. The summed E-state index contributed by atoms with van der Waals surface area (Å²) in [5.74, 6) is 0.0995. The van der Waals surface area contributed by atoms with Gasteiger partial charge in [-0.25, -0.2) is 0 Å². The Morgan fingerprint density at radius 2 is 1.82 bits per heavy atom. The molecule has 3 nitrogen and oxygen atoms in total. The van der Waals surface area contributed by atoms with Crippen LogP contribution in [-0.2, 0) is 0 Å². The van der Waals surface area contributed by atoms with E-state index in [4.69, 9.17) is 5.73 Å². The van der Waals surface area contributed by atoms with Crippen LogP contribution in [-0.4, -0.2) is 23.9 Å². The Bertz CT molecular complexity index is 386. The van der Waals surface area contributed by atoms with Gasteiger partial charge < -0.3 is 10.6 Å². The van der Waals surface area contributed by atoms with Gasteiger partial charge in [-0.1, -0.05) is 25.0 Å². The standard InChI is InChI=1S/C14H20N2O/c1-11-7-6-8-12(15)13(11)14(17)16-9-4-2-3-5-10-16/h6-8H,2-5,9-10,15H2,1H3. The van der Waals surface area contributed by atoms with Gasteiger partial charge in [-0.05, 0) is 31.4 Å². The molecule has 1 amide bonds. The lowest BCUT2D eigenvalue weighted by Crippen LogP contribution is -2.32. The van der Waals surface area contributed by atoms with Crippen LogP contribution in [0.4, 0.5) is 5.69 Å². The summed E-state index contributed by atoms with van der Waals surface area (Å²) in [4.78, 5) is 14.4. The van der Waals surface area contributed by atoms with Crippen LogP contribution in [0.3, 0.4) is 0 Å². The lowest BCUT2D eigenvalue weighted by atomic mass is 10.1. The van der Waals surface area contributed by atoms with E-state index in [1.165, 1.54) is 12.8 Å². The van der Waals surface area contributed by atoms with Crippen LogP contribution >= 0.6 is 0 Å². The van der Waals surface area contributed by atoms with E-state index in [-0.39, 0.29) is 5.91 Å². The maximum atomic E-state index is 12.4. The highest BCUT2D eigenvalue weighted by molar-refractivity contribution is 6.00. The highest BCUT2D eigenvalue weighted by Gasteiger charge is 2.20. The number of nitrogen functional groups attached to an aromatic ring is 1. The van der Waals surface area contributed by atoms with E-state index in [2.05, 4.69) is 0 Å². The van der Waals surface area contributed by atoms with E-state index in [0.29, 0.717) is 11.3 Å². The second-order valence-corrected chi connectivity index (χ2v) is 4.75. The number of aryl methyl sites for hydroxylation is 1. The maximum absolute atomic E-state index is 12.4. The molecule has 3 heteroatoms. The van der Waals surface area contributed by atoms with E-state index in [1.807, 2.05) is 24.0 Å². The summed E-state index contributed by atoms with van der Waals surface area (Å²) in [5, 5.41) is 0. The smallest absolute Gasteiger partial charge is 0.256 e. The summed E-state index contributed by atoms with van der Waals surface area (Å²) in [7, 11) is 0. The third-order valence-corrected chi connectivity index (χ3v) is 3.41. The van der Waals surface area contributed by atoms with Crippen molar-refractivity contribution in [2.45, 2.75) is 32.6 Å². The van der Waals surface area contributed by atoms with Crippen molar-refractivity contribution >= 4 is 11.6 Å². The molecule has 0 spiro atoms. The van der Waals surface area contributed by atoms with E-state index in [9.17, 15) is 4.79 Å². The fourth-order valence-corrected chi connectivity index (χ4v) is 2.41. The molecule has 2 rings (SSSR count). The number of rotatable bonds is 1. The second-order valence-electron chi connectivity index (χ2n) is 4.75. The van der Waals surface area contributed by atoms with Gasteiger partial charge in [0.05, 0.1) is 5.56 Å². The minimum absolute atomic E-state index is 0.0995. The monoisotopic (exact) mass is 232 g/mol.